The Bertz CT molecular complexity index is 936. The largest absolute Gasteiger partial charge is 0.355 e. The summed E-state index contributed by atoms with van der Waals surface area (Å²) >= 11 is 6.04. The van der Waals surface area contributed by atoms with Crippen LogP contribution in [0.15, 0.2) is 103 Å². The van der Waals surface area contributed by atoms with Gasteiger partial charge in [-0.3, -0.25) is 0 Å². The van der Waals surface area contributed by atoms with E-state index in [2.05, 4.69) is 72.0 Å². The molecule has 0 aliphatic carbocycles. The topological polar surface area (TPSA) is 12.0 Å². The van der Waals surface area contributed by atoms with Gasteiger partial charge in [-0.05, 0) is 35.4 Å². The third-order valence-electron chi connectivity index (χ3n) is 4.35. The van der Waals surface area contributed by atoms with E-state index in [1.54, 1.807) is 0 Å². The highest BCUT2D eigenvalue weighted by molar-refractivity contribution is 6.30. The van der Waals surface area contributed by atoms with Crippen LogP contribution in [-0.4, -0.2) is 0 Å². The number of rotatable bonds is 4. The normalized spacial score (nSPS) is 10.5. The number of halogens is 1. The summed E-state index contributed by atoms with van der Waals surface area (Å²) in [6.07, 6.45) is 0. The van der Waals surface area contributed by atoms with Crippen molar-refractivity contribution in [3.8, 4) is 22.3 Å². The number of benzene rings is 4. The van der Waals surface area contributed by atoms with Gasteiger partial charge in [-0.25, -0.2) is 0 Å². The zero-order valence-corrected chi connectivity index (χ0v) is 14.9. The van der Waals surface area contributed by atoms with Crippen molar-refractivity contribution in [2.24, 2.45) is 0 Å². The van der Waals surface area contributed by atoms with Gasteiger partial charge < -0.3 is 5.32 Å². The van der Waals surface area contributed by atoms with E-state index in [0.29, 0.717) is 0 Å². The van der Waals surface area contributed by atoms with E-state index < -0.39 is 0 Å². The highest BCUT2D eigenvalue weighted by atomic mass is 35.5. The number of hydrogen-bond acceptors (Lipinski definition) is 1. The Kier molecular flexibility index (Phi) is 4.72. The molecule has 1 nitrogen and oxygen atoms in total. The van der Waals surface area contributed by atoms with Gasteiger partial charge in [0.15, 0.2) is 0 Å². The first-order valence-electron chi connectivity index (χ1n) is 8.58. The molecule has 0 aromatic heterocycles. The smallest absolute Gasteiger partial charge is 0.0543 e. The van der Waals surface area contributed by atoms with Gasteiger partial charge in [-0.1, -0.05) is 90.5 Å². The van der Waals surface area contributed by atoms with Crippen LogP contribution in [0.25, 0.3) is 22.3 Å². The van der Waals surface area contributed by atoms with Gasteiger partial charge in [-0.15, -0.1) is 0 Å². The van der Waals surface area contributed by atoms with Crippen LogP contribution in [0, 0.1) is 0 Å². The second-order valence-electron chi connectivity index (χ2n) is 6.09. The van der Waals surface area contributed by atoms with Gasteiger partial charge in [0.25, 0.3) is 0 Å². The third-order valence-corrected chi connectivity index (χ3v) is 4.60. The Hall–Kier alpha value is -3.03. The summed E-state index contributed by atoms with van der Waals surface area (Å²) in [6, 6.07) is 35.1. The number of nitrogens with one attached hydrogen (secondary N) is 1. The summed E-state index contributed by atoms with van der Waals surface area (Å²) in [5.74, 6) is 0. The first-order valence-corrected chi connectivity index (χ1v) is 8.95. The summed E-state index contributed by atoms with van der Waals surface area (Å²) in [7, 11) is 0. The van der Waals surface area contributed by atoms with Gasteiger partial charge in [-0.2, -0.15) is 0 Å². The second-order valence-corrected chi connectivity index (χ2v) is 6.53. The Balaban J connectivity index is 1.88. The maximum absolute atomic E-state index is 6.04. The quantitative estimate of drug-likeness (QED) is 0.401. The molecule has 0 unspecified atom stereocenters. The fourth-order valence-electron chi connectivity index (χ4n) is 3.08. The van der Waals surface area contributed by atoms with Gasteiger partial charge in [0.1, 0.15) is 0 Å². The first-order chi connectivity index (χ1) is 12.8. The van der Waals surface area contributed by atoms with E-state index >= 15 is 0 Å². The molecule has 0 radical (unpaired) electrons. The average molecular weight is 356 g/mol. The van der Waals surface area contributed by atoms with Crippen molar-refractivity contribution < 1.29 is 0 Å². The molecule has 0 amide bonds. The van der Waals surface area contributed by atoms with Gasteiger partial charge >= 0.3 is 0 Å². The Morgan fingerprint density at radius 2 is 1.00 bits per heavy atom. The Labute approximate surface area is 158 Å². The molecule has 0 heterocycles. The standard InChI is InChI=1S/C24H18ClN/c25-20-14-16-21(17-15-20)26-24-22(18-8-3-1-4-9-18)12-7-13-23(24)19-10-5-2-6-11-19/h1-17,26H. The van der Waals surface area contributed by atoms with E-state index in [9.17, 15) is 0 Å². The van der Waals surface area contributed by atoms with Crippen LogP contribution in [0.1, 0.15) is 0 Å². The fraction of sp³-hybridized carbons (Fsp3) is 0. The van der Waals surface area contributed by atoms with Crippen molar-refractivity contribution in [2.75, 3.05) is 5.32 Å². The summed E-state index contributed by atoms with van der Waals surface area (Å²) in [6.45, 7) is 0. The van der Waals surface area contributed by atoms with Gasteiger partial charge in [0.2, 0.25) is 0 Å². The lowest BCUT2D eigenvalue weighted by Crippen LogP contribution is -1.96. The molecule has 0 saturated heterocycles. The molecule has 0 bridgehead atoms. The fourth-order valence-corrected chi connectivity index (χ4v) is 3.21. The summed E-state index contributed by atoms with van der Waals surface area (Å²) in [5, 5.41) is 4.34. The minimum atomic E-state index is 0.732. The van der Waals surface area contributed by atoms with Crippen LogP contribution >= 0.6 is 11.6 Å². The van der Waals surface area contributed by atoms with E-state index in [-0.39, 0.29) is 0 Å². The van der Waals surface area contributed by atoms with Crippen molar-refractivity contribution >= 4 is 23.0 Å². The molecule has 1 N–H and O–H groups in total. The number of hydrogen-bond donors (Lipinski definition) is 1. The van der Waals surface area contributed by atoms with Crippen LogP contribution in [0.4, 0.5) is 11.4 Å². The second kappa shape index (κ2) is 7.47. The highest BCUT2D eigenvalue weighted by Gasteiger charge is 2.12. The first kappa shape index (κ1) is 16.4. The van der Waals surface area contributed by atoms with Crippen LogP contribution in [-0.2, 0) is 0 Å². The average Bonchev–Trinajstić information content (AvgIpc) is 2.71. The lowest BCUT2D eigenvalue weighted by Gasteiger charge is -2.17. The zero-order valence-electron chi connectivity index (χ0n) is 14.2. The molecule has 2 heteroatoms. The molecule has 26 heavy (non-hydrogen) atoms. The molecule has 0 aliphatic heterocycles. The predicted molar refractivity (Wildman–Crippen MR) is 112 cm³/mol. The lowest BCUT2D eigenvalue weighted by atomic mass is 9.95. The third kappa shape index (κ3) is 3.49. The highest BCUT2D eigenvalue weighted by Crippen LogP contribution is 2.38. The summed E-state index contributed by atoms with van der Waals surface area (Å²) in [5.41, 5.74) is 6.80. The molecule has 0 atom stereocenters. The number of para-hydroxylation sites is 1. The maximum atomic E-state index is 6.04. The van der Waals surface area contributed by atoms with Crippen LogP contribution in [0.5, 0.6) is 0 Å². The van der Waals surface area contributed by atoms with E-state index in [1.807, 2.05) is 36.4 Å². The SMILES string of the molecule is Clc1ccc(Nc2c(-c3ccccc3)cccc2-c2ccccc2)cc1. The Morgan fingerprint density at radius 3 is 1.50 bits per heavy atom. The maximum Gasteiger partial charge on any atom is 0.0543 e. The lowest BCUT2D eigenvalue weighted by molar-refractivity contribution is 1.52. The summed E-state index contributed by atoms with van der Waals surface area (Å²) < 4.78 is 0. The Morgan fingerprint density at radius 1 is 0.500 bits per heavy atom. The van der Waals surface area contributed by atoms with Crippen molar-refractivity contribution in [2.45, 2.75) is 0 Å². The van der Waals surface area contributed by atoms with Crippen molar-refractivity contribution in [3.63, 3.8) is 0 Å². The molecule has 126 valence electrons. The monoisotopic (exact) mass is 355 g/mol. The predicted octanol–water partition coefficient (Wildman–Crippen LogP) is 7.42. The van der Waals surface area contributed by atoms with E-state index in [4.69, 9.17) is 11.6 Å². The molecule has 0 fully saturated rings. The number of anilines is 2. The molecule has 4 rings (SSSR count). The van der Waals surface area contributed by atoms with Gasteiger partial charge in [0.05, 0.1) is 5.69 Å². The van der Waals surface area contributed by atoms with Crippen LogP contribution in [0.2, 0.25) is 5.02 Å². The minimum Gasteiger partial charge on any atom is -0.355 e. The van der Waals surface area contributed by atoms with Crippen LogP contribution in [0.3, 0.4) is 0 Å². The van der Waals surface area contributed by atoms with E-state index in [1.165, 1.54) is 22.3 Å². The molecule has 4 aromatic rings. The van der Waals surface area contributed by atoms with E-state index in [0.717, 1.165) is 16.4 Å². The summed E-state index contributed by atoms with van der Waals surface area (Å²) in [4.78, 5) is 0. The van der Waals surface area contributed by atoms with Gasteiger partial charge in [0, 0.05) is 21.8 Å². The molecule has 0 aliphatic rings. The molecule has 0 spiro atoms. The molecule has 4 aromatic carbocycles. The van der Waals surface area contributed by atoms with Crippen molar-refractivity contribution in [3.05, 3.63) is 108 Å². The zero-order chi connectivity index (χ0) is 17.8. The minimum absolute atomic E-state index is 0.732. The molecule has 0 saturated carbocycles. The van der Waals surface area contributed by atoms with Crippen LogP contribution < -0.4 is 5.32 Å². The molecular formula is C24H18ClN. The van der Waals surface area contributed by atoms with Crippen molar-refractivity contribution in [1.29, 1.82) is 0 Å². The molecular weight excluding hydrogens is 338 g/mol. The van der Waals surface area contributed by atoms with Crippen molar-refractivity contribution in [1.82, 2.24) is 0 Å².